The van der Waals surface area contributed by atoms with Gasteiger partial charge in [0, 0.05) is 12.6 Å². The highest BCUT2D eigenvalue weighted by Crippen LogP contribution is 2.41. The molecule has 0 spiro atoms. The smallest absolute Gasteiger partial charge is 0.411 e. The predicted octanol–water partition coefficient (Wildman–Crippen LogP) is 2.68. The van der Waals surface area contributed by atoms with Crippen LogP contribution in [0.5, 0.6) is 0 Å². The highest BCUT2D eigenvalue weighted by Gasteiger charge is 2.51. The standard InChI is InChI=1S/C18H27N3O3/c1-18(2,3)24-17(23)21-14-7-5-4-6-12(14)10-15(21)16(22)20-9-8-13(20)11-19/h12-15H,4-10H2,1-3H3. The molecule has 24 heavy (non-hydrogen) atoms. The Bertz CT molecular complexity index is 563. The maximum atomic E-state index is 12.9. The van der Waals surface area contributed by atoms with E-state index in [4.69, 9.17) is 10.00 Å². The van der Waals surface area contributed by atoms with Crippen LogP contribution in [0.4, 0.5) is 4.79 Å². The second kappa shape index (κ2) is 6.27. The Balaban J connectivity index is 1.81. The lowest BCUT2D eigenvalue weighted by Crippen LogP contribution is -2.58. The number of fused-ring (bicyclic) bond motifs is 1. The molecule has 2 aliphatic heterocycles. The molecule has 2 amide bonds. The Morgan fingerprint density at radius 1 is 1.17 bits per heavy atom. The first-order chi connectivity index (χ1) is 11.3. The fourth-order valence-corrected chi connectivity index (χ4v) is 4.23. The lowest BCUT2D eigenvalue weighted by Gasteiger charge is -2.40. The molecule has 0 aromatic rings. The van der Waals surface area contributed by atoms with Gasteiger partial charge >= 0.3 is 6.09 Å². The van der Waals surface area contributed by atoms with Crippen LogP contribution in [0.3, 0.4) is 0 Å². The van der Waals surface area contributed by atoms with Crippen molar-refractivity contribution in [1.82, 2.24) is 9.80 Å². The highest BCUT2D eigenvalue weighted by atomic mass is 16.6. The van der Waals surface area contributed by atoms with Gasteiger partial charge in [-0.05, 0) is 52.4 Å². The van der Waals surface area contributed by atoms with E-state index in [9.17, 15) is 9.59 Å². The molecule has 3 fully saturated rings. The van der Waals surface area contributed by atoms with E-state index in [1.54, 1.807) is 9.80 Å². The molecule has 0 radical (unpaired) electrons. The molecule has 4 unspecified atom stereocenters. The maximum absolute atomic E-state index is 12.9. The third-order valence-electron chi connectivity index (χ3n) is 5.43. The minimum absolute atomic E-state index is 0.0759. The van der Waals surface area contributed by atoms with Gasteiger partial charge in [-0.3, -0.25) is 9.69 Å². The maximum Gasteiger partial charge on any atom is 0.411 e. The van der Waals surface area contributed by atoms with Crippen LogP contribution in [0.25, 0.3) is 0 Å². The van der Waals surface area contributed by atoms with Crippen molar-refractivity contribution in [1.29, 1.82) is 5.26 Å². The Labute approximate surface area is 143 Å². The summed E-state index contributed by atoms with van der Waals surface area (Å²) in [6.07, 6.45) is 5.31. The number of hydrogen-bond donors (Lipinski definition) is 0. The Morgan fingerprint density at radius 2 is 1.88 bits per heavy atom. The number of nitrogens with zero attached hydrogens (tertiary/aromatic N) is 3. The van der Waals surface area contributed by atoms with Gasteiger partial charge in [0.2, 0.25) is 5.91 Å². The zero-order valence-electron chi connectivity index (χ0n) is 14.8. The van der Waals surface area contributed by atoms with Crippen LogP contribution >= 0.6 is 0 Å². The van der Waals surface area contributed by atoms with Crippen LogP contribution < -0.4 is 0 Å². The summed E-state index contributed by atoms with van der Waals surface area (Å²) < 4.78 is 5.59. The second-order valence-electron chi connectivity index (χ2n) is 8.22. The van der Waals surface area contributed by atoms with Gasteiger partial charge in [0.25, 0.3) is 0 Å². The van der Waals surface area contributed by atoms with Gasteiger partial charge in [0.15, 0.2) is 0 Å². The lowest BCUT2D eigenvalue weighted by atomic mass is 9.84. The van der Waals surface area contributed by atoms with Gasteiger partial charge in [-0.1, -0.05) is 12.8 Å². The summed E-state index contributed by atoms with van der Waals surface area (Å²) >= 11 is 0. The summed E-state index contributed by atoms with van der Waals surface area (Å²) in [5.74, 6) is 0.301. The summed E-state index contributed by atoms with van der Waals surface area (Å²) in [6.45, 7) is 6.15. The number of amides is 2. The second-order valence-corrected chi connectivity index (χ2v) is 8.22. The molecule has 6 nitrogen and oxygen atoms in total. The van der Waals surface area contributed by atoms with Crippen molar-refractivity contribution in [3.05, 3.63) is 0 Å². The SMILES string of the molecule is CC(C)(C)OC(=O)N1C(C(=O)N2CCC2C#N)CC2CCCCC21. The molecule has 1 aliphatic carbocycles. The van der Waals surface area contributed by atoms with E-state index >= 15 is 0 Å². The van der Waals surface area contributed by atoms with Crippen molar-refractivity contribution in [2.75, 3.05) is 6.54 Å². The van der Waals surface area contributed by atoms with Gasteiger partial charge in [0.1, 0.15) is 17.7 Å². The van der Waals surface area contributed by atoms with Gasteiger partial charge in [-0.25, -0.2) is 4.79 Å². The molecule has 1 saturated carbocycles. The average molecular weight is 333 g/mol. The van der Waals surface area contributed by atoms with E-state index in [1.807, 2.05) is 20.8 Å². The summed E-state index contributed by atoms with van der Waals surface area (Å²) in [7, 11) is 0. The molecule has 0 N–H and O–H groups in total. The van der Waals surface area contributed by atoms with E-state index in [-0.39, 0.29) is 24.1 Å². The number of carbonyl (C=O) groups is 2. The Hall–Kier alpha value is -1.77. The summed E-state index contributed by atoms with van der Waals surface area (Å²) in [4.78, 5) is 29.0. The summed E-state index contributed by atoms with van der Waals surface area (Å²) in [5.41, 5.74) is -0.580. The third kappa shape index (κ3) is 3.09. The highest BCUT2D eigenvalue weighted by molar-refractivity contribution is 5.87. The number of hydrogen-bond acceptors (Lipinski definition) is 4. The van der Waals surface area contributed by atoms with Crippen LogP contribution in [0.15, 0.2) is 0 Å². The fraction of sp³-hybridized carbons (Fsp3) is 0.833. The minimum atomic E-state index is -0.580. The molecule has 0 aromatic carbocycles. The molecule has 3 rings (SSSR count). The van der Waals surface area contributed by atoms with Crippen LogP contribution in [-0.2, 0) is 9.53 Å². The molecular weight excluding hydrogens is 306 g/mol. The number of ether oxygens (including phenoxy) is 1. The van der Waals surface area contributed by atoms with E-state index < -0.39 is 11.6 Å². The van der Waals surface area contributed by atoms with Crippen molar-refractivity contribution in [2.24, 2.45) is 5.92 Å². The van der Waals surface area contributed by atoms with E-state index in [0.29, 0.717) is 18.9 Å². The number of likely N-dealkylation sites (tertiary alicyclic amines) is 2. The normalized spacial score (nSPS) is 32.6. The summed E-state index contributed by atoms with van der Waals surface area (Å²) in [5, 5.41) is 9.13. The predicted molar refractivity (Wildman–Crippen MR) is 88.0 cm³/mol. The first-order valence-corrected chi connectivity index (χ1v) is 9.03. The molecule has 6 heteroatoms. The molecular formula is C18H27N3O3. The summed E-state index contributed by atoms with van der Waals surface area (Å²) in [6, 6.07) is 1.47. The van der Waals surface area contributed by atoms with Crippen LogP contribution in [-0.4, -0.2) is 52.1 Å². The van der Waals surface area contributed by atoms with E-state index in [1.165, 1.54) is 0 Å². The van der Waals surface area contributed by atoms with E-state index in [2.05, 4.69) is 6.07 Å². The minimum Gasteiger partial charge on any atom is -0.444 e. The monoisotopic (exact) mass is 333 g/mol. The fourth-order valence-electron chi connectivity index (χ4n) is 4.23. The lowest BCUT2D eigenvalue weighted by molar-refractivity contribution is -0.142. The topological polar surface area (TPSA) is 73.6 Å². The molecule has 2 saturated heterocycles. The molecule has 4 atom stereocenters. The number of rotatable bonds is 1. The molecule has 2 heterocycles. The largest absolute Gasteiger partial charge is 0.444 e. The quantitative estimate of drug-likeness (QED) is 0.739. The number of nitriles is 1. The van der Waals surface area contributed by atoms with Crippen molar-refractivity contribution in [3.8, 4) is 6.07 Å². The first-order valence-electron chi connectivity index (χ1n) is 9.03. The Kier molecular flexibility index (Phi) is 4.46. The third-order valence-corrected chi connectivity index (χ3v) is 5.43. The molecule has 132 valence electrons. The van der Waals surface area contributed by atoms with Crippen molar-refractivity contribution in [3.63, 3.8) is 0 Å². The van der Waals surface area contributed by atoms with Crippen molar-refractivity contribution in [2.45, 2.75) is 83.0 Å². The van der Waals surface area contributed by atoms with Crippen LogP contribution in [0.2, 0.25) is 0 Å². The van der Waals surface area contributed by atoms with Gasteiger partial charge in [0.05, 0.1) is 6.07 Å². The molecule has 0 aromatic heterocycles. The van der Waals surface area contributed by atoms with Gasteiger partial charge in [-0.2, -0.15) is 5.26 Å². The average Bonchev–Trinajstić information content (AvgIpc) is 2.84. The first kappa shape index (κ1) is 17.1. The van der Waals surface area contributed by atoms with Crippen molar-refractivity contribution < 1.29 is 14.3 Å². The molecule has 0 bridgehead atoms. The van der Waals surface area contributed by atoms with Gasteiger partial charge < -0.3 is 9.64 Å². The van der Waals surface area contributed by atoms with Crippen LogP contribution in [0, 0.1) is 17.2 Å². The zero-order chi connectivity index (χ0) is 17.5. The Morgan fingerprint density at radius 3 is 2.46 bits per heavy atom. The van der Waals surface area contributed by atoms with Gasteiger partial charge in [-0.15, -0.1) is 0 Å². The van der Waals surface area contributed by atoms with E-state index in [0.717, 1.165) is 32.1 Å². The van der Waals surface area contributed by atoms with Crippen molar-refractivity contribution >= 4 is 12.0 Å². The zero-order valence-corrected chi connectivity index (χ0v) is 14.8. The molecule has 3 aliphatic rings. The number of carbonyl (C=O) groups excluding carboxylic acids is 2. The van der Waals surface area contributed by atoms with Crippen LogP contribution in [0.1, 0.15) is 59.3 Å².